The smallest absolute Gasteiger partial charge is 0.335 e. The van der Waals surface area contributed by atoms with Gasteiger partial charge in [-0.25, -0.2) is 13.2 Å². The van der Waals surface area contributed by atoms with Gasteiger partial charge in [-0.3, -0.25) is 4.31 Å². The van der Waals surface area contributed by atoms with Crippen LogP contribution in [0.3, 0.4) is 0 Å². The number of hydrogen-bond acceptors (Lipinski definition) is 6. The van der Waals surface area contributed by atoms with E-state index < -0.39 is 16.0 Å². The fourth-order valence-corrected chi connectivity index (χ4v) is 2.92. The maximum Gasteiger partial charge on any atom is 0.335 e. The molecule has 1 rings (SSSR count). The minimum absolute atomic E-state index is 0.0892. The number of carbonyl (C=O) groups is 1. The van der Waals surface area contributed by atoms with Crippen LogP contribution in [0.15, 0.2) is 40.9 Å². The van der Waals surface area contributed by atoms with E-state index in [1.165, 1.54) is 39.6 Å². The molecule has 0 spiro atoms. The molecule has 0 aliphatic rings. The molecule has 1 aromatic carbocycles. The van der Waals surface area contributed by atoms with E-state index in [-0.39, 0.29) is 30.3 Å². The molecule has 0 aliphatic carbocycles. The van der Waals surface area contributed by atoms with Crippen LogP contribution in [-0.2, 0) is 29.0 Å². The Kier molecular flexibility index (Phi) is 7.90. The molecule has 0 atom stereocenters. The van der Waals surface area contributed by atoms with E-state index in [2.05, 4.69) is 4.74 Å². The number of nitrogens with zero attached hydrogens (tertiary/aromatic N) is 1. The summed E-state index contributed by atoms with van der Waals surface area (Å²) in [6.45, 7) is 2.16. The summed E-state index contributed by atoms with van der Waals surface area (Å²) in [5.41, 5.74) is 1.14. The molecule has 8 heteroatoms. The van der Waals surface area contributed by atoms with Crippen molar-refractivity contribution in [1.29, 1.82) is 0 Å². The fourth-order valence-electron chi connectivity index (χ4n) is 1.84. The summed E-state index contributed by atoms with van der Waals surface area (Å²) in [5.74, 6) is -0.609. The topological polar surface area (TPSA) is 82.1 Å². The summed E-state index contributed by atoms with van der Waals surface area (Å²) in [4.78, 5) is 12.0. The number of aryl methyl sites for hydroxylation is 1. The third-order valence-electron chi connectivity index (χ3n) is 3.20. The van der Waals surface area contributed by atoms with Crippen LogP contribution in [0.25, 0.3) is 0 Å². The highest BCUT2D eigenvalue weighted by Crippen LogP contribution is 2.17. The van der Waals surface area contributed by atoms with E-state index in [9.17, 15) is 13.2 Å². The van der Waals surface area contributed by atoms with Crippen molar-refractivity contribution in [1.82, 2.24) is 4.31 Å². The molecule has 1 aromatic rings. The van der Waals surface area contributed by atoms with Crippen LogP contribution in [0.1, 0.15) is 12.0 Å². The van der Waals surface area contributed by atoms with E-state index in [4.69, 9.17) is 9.47 Å². The highest BCUT2D eigenvalue weighted by atomic mass is 32.2. The zero-order valence-electron chi connectivity index (χ0n) is 14.3. The standard InChI is InChI=1S/C16H23NO6S/c1-13-5-7-15(8-6-13)24(19,20)17(2)11-14(16(18)22-4)9-10-23-12-21-3/h5-8,11H,9-10,12H2,1-4H3/b14-11-. The zero-order chi connectivity index (χ0) is 18.2. The minimum Gasteiger partial charge on any atom is -0.466 e. The maximum absolute atomic E-state index is 12.5. The first-order valence-electron chi connectivity index (χ1n) is 7.23. The highest BCUT2D eigenvalue weighted by Gasteiger charge is 2.20. The number of methoxy groups -OCH3 is 2. The van der Waals surface area contributed by atoms with Gasteiger partial charge in [-0.05, 0) is 19.1 Å². The van der Waals surface area contributed by atoms with Gasteiger partial charge in [-0.2, -0.15) is 0 Å². The Bertz CT molecular complexity index is 666. The average molecular weight is 357 g/mol. The van der Waals surface area contributed by atoms with Gasteiger partial charge >= 0.3 is 5.97 Å². The average Bonchev–Trinajstić information content (AvgIpc) is 2.57. The largest absolute Gasteiger partial charge is 0.466 e. The van der Waals surface area contributed by atoms with Gasteiger partial charge in [0.25, 0.3) is 10.0 Å². The highest BCUT2D eigenvalue weighted by molar-refractivity contribution is 7.89. The van der Waals surface area contributed by atoms with Crippen LogP contribution in [0, 0.1) is 6.92 Å². The van der Waals surface area contributed by atoms with Crippen LogP contribution in [0.2, 0.25) is 0 Å². The second kappa shape index (κ2) is 9.41. The number of carbonyl (C=O) groups excluding carboxylic acids is 1. The normalized spacial score (nSPS) is 12.1. The van der Waals surface area contributed by atoms with Crippen LogP contribution in [0.4, 0.5) is 0 Å². The van der Waals surface area contributed by atoms with Crippen LogP contribution in [-0.4, -0.2) is 53.4 Å². The summed E-state index contributed by atoms with van der Waals surface area (Å²) in [7, 11) is 0.347. The number of rotatable bonds is 9. The molecule has 0 saturated heterocycles. The third-order valence-corrected chi connectivity index (χ3v) is 4.93. The van der Waals surface area contributed by atoms with Gasteiger partial charge in [0.05, 0.1) is 24.2 Å². The van der Waals surface area contributed by atoms with Crippen molar-refractivity contribution in [2.24, 2.45) is 0 Å². The van der Waals surface area contributed by atoms with Gasteiger partial charge in [-0.15, -0.1) is 0 Å². The number of hydrogen-bond donors (Lipinski definition) is 0. The SMILES string of the molecule is COCOCC/C(=C/N(C)S(=O)(=O)c1ccc(C)cc1)C(=O)OC. The summed E-state index contributed by atoms with van der Waals surface area (Å²) in [6, 6.07) is 6.47. The second-order valence-electron chi connectivity index (χ2n) is 5.04. The van der Waals surface area contributed by atoms with E-state index in [1.807, 2.05) is 6.92 Å². The van der Waals surface area contributed by atoms with Gasteiger partial charge in [-0.1, -0.05) is 17.7 Å². The molecule has 0 unspecified atom stereocenters. The van der Waals surface area contributed by atoms with E-state index >= 15 is 0 Å². The van der Waals surface area contributed by atoms with Gasteiger partial charge in [0.15, 0.2) is 0 Å². The molecular weight excluding hydrogens is 334 g/mol. The van der Waals surface area contributed by atoms with E-state index in [1.54, 1.807) is 12.1 Å². The third kappa shape index (κ3) is 5.63. The van der Waals surface area contributed by atoms with Crippen molar-refractivity contribution < 1.29 is 27.4 Å². The molecule has 0 radical (unpaired) electrons. The van der Waals surface area contributed by atoms with E-state index in [0.717, 1.165) is 9.87 Å². The molecule has 0 bridgehead atoms. The van der Waals surface area contributed by atoms with Crippen molar-refractivity contribution in [2.45, 2.75) is 18.2 Å². The predicted molar refractivity (Wildman–Crippen MR) is 88.7 cm³/mol. The van der Waals surface area contributed by atoms with Gasteiger partial charge < -0.3 is 14.2 Å². The lowest BCUT2D eigenvalue weighted by atomic mass is 10.2. The summed E-state index contributed by atoms with van der Waals surface area (Å²) in [5, 5.41) is 0. The van der Waals surface area contributed by atoms with Crippen LogP contribution in [0.5, 0.6) is 0 Å². The van der Waals surface area contributed by atoms with E-state index in [0.29, 0.717) is 0 Å². The first kappa shape index (κ1) is 20.1. The Morgan fingerprint density at radius 1 is 1.21 bits per heavy atom. The Morgan fingerprint density at radius 2 is 1.83 bits per heavy atom. The second-order valence-corrected chi connectivity index (χ2v) is 7.04. The lowest BCUT2D eigenvalue weighted by Gasteiger charge is -2.17. The van der Waals surface area contributed by atoms with Crippen molar-refractivity contribution in [3.63, 3.8) is 0 Å². The quantitative estimate of drug-likeness (QED) is 0.289. The van der Waals surface area contributed by atoms with Crippen LogP contribution < -0.4 is 0 Å². The Labute approximate surface area is 142 Å². The molecular formula is C16H23NO6S. The molecule has 134 valence electrons. The molecule has 0 saturated carbocycles. The molecule has 0 fully saturated rings. The molecule has 0 amide bonds. The molecule has 24 heavy (non-hydrogen) atoms. The molecule has 7 nitrogen and oxygen atoms in total. The van der Waals surface area contributed by atoms with Crippen LogP contribution >= 0.6 is 0 Å². The number of ether oxygens (including phenoxy) is 3. The zero-order valence-corrected chi connectivity index (χ0v) is 15.1. The molecule has 0 aromatic heterocycles. The van der Waals surface area contributed by atoms with Crippen molar-refractivity contribution in [3.8, 4) is 0 Å². The molecule has 0 aliphatic heterocycles. The fraction of sp³-hybridized carbons (Fsp3) is 0.438. The Morgan fingerprint density at radius 3 is 2.38 bits per heavy atom. The number of benzene rings is 1. The summed E-state index contributed by atoms with van der Waals surface area (Å²) >= 11 is 0. The monoisotopic (exact) mass is 357 g/mol. The van der Waals surface area contributed by atoms with Gasteiger partial charge in [0, 0.05) is 26.8 Å². The molecule has 0 N–H and O–H groups in total. The minimum atomic E-state index is -3.74. The maximum atomic E-state index is 12.5. The number of esters is 1. The summed E-state index contributed by atoms with van der Waals surface area (Å²) in [6.07, 6.45) is 1.45. The van der Waals surface area contributed by atoms with Gasteiger partial charge in [0.2, 0.25) is 0 Å². The number of sulfonamides is 1. The van der Waals surface area contributed by atoms with Gasteiger partial charge in [0.1, 0.15) is 6.79 Å². The Hall–Kier alpha value is -1.90. The van der Waals surface area contributed by atoms with Crippen molar-refractivity contribution >= 4 is 16.0 Å². The van der Waals surface area contributed by atoms with Crippen molar-refractivity contribution in [2.75, 3.05) is 34.7 Å². The first-order valence-corrected chi connectivity index (χ1v) is 8.67. The first-order chi connectivity index (χ1) is 11.3. The Balaban J connectivity index is 2.97. The van der Waals surface area contributed by atoms with Crippen molar-refractivity contribution in [3.05, 3.63) is 41.6 Å². The lowest BCUT2D eigenvalue weighted by Crippen LogP contribution is -2.23. The lowest BCUT2D eigenvalue weighted by molar-refractivity contribution is -0.136. The molecule has 0 heterocycles. The predicted octanol–water partition coefficient (Wildman–Crippen LogP) is 1.68. The summed E-state index contributed by atoms with van der Waals surface area (Å²) < 4.78 is 40.7.